The average Bonchev–Trinajstić information content (AvgIpc) is 2.52. The summed E-state index contributed by atoms with van der Waals surface area (Å²) in [5, 5.41) is 11.7. The first kappa shape index (κ1) is 15.5. The van der Waals surface area contributed by atoms with Gasteiger partial charge in [-0.2, -0.15) is 5.26 Å². The van der Waals surface area contributed by atoms with Crippen LogP contribution < -0.4 is 5.32 Å². The Morgan fingerprint density at radius 2 is 2.29 bits per heavy atom. The Morgan fingerprint density at radius 1 is 1.48 bits per heavy atom. The molecule has 0 aliphatic carbocycles. The highest BCUT2D eigenvalue weighted by molar-refractivity contribution is 5.76. The Morgan fingerprint density at radius 3 is 3.05 bits per heavy atom. The van der Waals surface area contributed by atoms with Gasteiger partial charge in [0.2, 0.25) is 5.91 Å². The van der Waals surface area contributed by atoms with Crippen molar-refractivity contribution in [2.24, 2.45) is 5.92 Å². The molecule has 0 unspecified atom stereocenters. The maximum Gasteiger partial charge on any atom is 0.221 e. The molecule has 1 N–H and O–H groups in total. The largest absolute Gasteiger partial charge is 0.352 e. The van der Waals surface area contributed by atoms with Crippen LogP contribution in [-0.4, -0.2) is 30.4 Å². The molecule has 5 heteroatoms. The molecule has 1 heterocycles. The van der Waals surface area contributed by atoms with Gasteiger partial charge in [-0.25, -0.2) is 4.39 Å². The van der Waals surface area contributed by atoms with Crippen LogP contribution in [0.2, 0.25) is 0 Å². The molecule has 1 fully saturated rings. The average molecular weight is 289 g/mol. The maximum atomic E-state index is 13.4. The van der Waals surface area contributed by atoms with Crippen molar-refractivity contribution >= 4 is 5.91 Å². The number of benzene rings is 1. The number of carbonyl (C=O) groups excluding carboxylic acids is 1. The molecule has 1 aliphatic heterocycles. The topological polar surface area (TPSA) is 56.1 Å². The summed E-state index contributed by atoms with van der Waals surface area (Å²) in [7, 11) is 0. The molecule has 0 bridgehead atoms. The van der Waals surface area contributed by atoms with E-state index in [2.05, 4.69) is 16.3 Å². The van der Waals surface area contributed by atoms with E-state index >= 15 is 0 Å². The van der Waals surface area contributed by atoms with E-state index in [9.17, 15) is 9.18 Å². The van der Waals surface area contributed by atoms with Gasteiger partial charge in [-0.1, -0.05) is 18.2 Å². The summed E-state index contributed by atoms with van der Waals surface area (Å²) in [6.45, 7) is 2.56. The van der Waals surface area contributed by atoms with Gasteiger partial charge >= 0.3 is 0 Å². The van der Waals surface area contributed by atoms with Crippen LogP contribution >= 0.6 is 0 Å². The van der Waals surface area contributed by atoms with E-state index in [0.29, 0.717) is 18.5 Å². The molecule has 0 aromatic heterocycles. The highest BCUT2D eigenvalue weighted by Gasteiger charge is 2.19. The van der Waals surface area contributed by atoms with Crippen LogP contribution in [0.5, 0.6) is 0 Å². The number of hydrogen-bond acceptors (Lipinski definition) is 3. The van der Waals surface area contributed by atoms with Crippen LogP contribution in [0.15, 0.2) is 24.3 Å². The molecule has 2 rings (SSSR count). The molecular weight excluding hydrogens is 269 g/mol. The summed E-state index contributed by atoms with van der Waals surface area (Å²) in [6.07, 6.45) is 2.34. The second kappa shape index (κ2) is 7.75. The monoisotopic (exact) mass is 289 g/mol. The first-order chi connectivity index (χ1) is 10.2. The lowest BCUT2D eigenvalue weighted by molar-refractivity contribution is -0.121. The van der Waals surface area contributed by atoms with Crippen molar-refractivity contribution in [3.63, 3.8) is 0 Å². The van der Waals surface area contributed by atoms with Crippen molar-refractivity contribution in [2.75, 3.05) is 19.6 Å². The van der Waals surface area contributed by atoms with Crippen molar-refractivity contribution in [2.45, 2.75) is 25.8 Å². The molecule has 4 nitrogen and oxygen atoms in total. The lowest BCUT2D eigenvalue weighted by Gasteiger charge is -2.29. The van der Waals surface area contributed by atoms with Crippen LogP contribution in [0.3, 0.4) is 0 Å². The van der Waals surface area contributed by atoms with E-state index in [4.69, 9.17) is 5.26 Å². The van der Waals surface area contributed by atoms with Crippen molar-refractivity contribution < 1.29 is 9.18 Å². The first-order valence-corrected chi connectivity index (χ1v) is 7.31. The quantitative estimate of drug-likeness (QED) is 0.903. The van der Waals surface area contributed by atoms with Gasteiger partial charge < -0.3 is 10.2 Å². The fraction of sp³-hybridized carbons (Fsp3) is 0.500. The predicted octanol–water partition coefficient (Wildman–Crippen LogP) is 2.07. The third-order valence-corrected chi connectivity index (χ3v) is 3.78. The van der Waals surface area contributed by atoms with Crippen LogP contribution in [0.4, 0.5) is 4.39 Å². The highest BCUT2D eigenvalue weighted by Crippen LogP contribution is 2.15. The van der Waals surface area contributed by atoms with Gasteiger partial charge in [-0.15, -0.1) is 0 Å². The number of amides is 1. The lowest BCUT2D eigenvalue weighted by Crippen LogP contribution is -2.37. The minimum atomic E-state index is -0.300. The van der Waals surface area contributed by atoms with E-state index in [-0.39, 0.29) is 24.2 Å². The fourth-order valence-corrected chi connectivity index (χ4v) is 2.55. The molecule has 0 spiro atoms. The van der Waals surface area contributed by atoms with E-state index in [1.165, 1.54) is 6.07 Å². The van der Waals surface area contributed by atoms with Gasteiger partial charge in [0.25, 0.3) is 0 Å². The fourth-order valence-electron chi connectivity index (χ4n) is 2.55. The van der Waals surface area contributed by atoms with Crippen molar-refractivity contribution in [3.8, 4) is 6.07 Å². The molecule has 112 valence electrons. The lowest BCUT2D eigenvalue weighted by atomic mass is 10.00. The zero-order valence-electron chi connectivity index (χ0n) is 12.0. The Hall–Kier alpha value is -1.93. The third kappa shape index (κ3) is 4.83. The van der Waals surface area contributed by atoms with E-state index in [0.717, 1.165) is 25.9 Å². The standard InChI is InChI=1S/C16H20FN3O/c17-15-6-2-1-5-14(15)11-19-16(21)7-9-20-8-3-4-13(10-18)12-20/h1-2,5-6,13H,3-4,7-9,11-12H2,(H,19,21)/t13-/m1/s1. The van der Waals surface area contributed by atoms with Gasteiger partial charge in [-0.3, -0.25) is 4.79 Å². The van der Waals surface area contributed by atoms with Gasteiger partial charge in [-0.05, 0) is 25.5 Å². The summed E-state index contributed by atoms with van der Waals surface area (Å²) in [4.78, 5) is 13.9. The number of halogens is 1. The van der Waals surface area contributed by atoms with Gasteiger partial charge in [0.05, 0.1) is 12.0 Å². The number of rotatable bonds is 5. The Labute approximate surface area is 124 Å². The molecule has 0 saturated carbocycles. The number of nitriles is 1. The van der Waals surface area contributed by atoms with Crippen LogP contribution in [-0.2, 0) is 11.3 Å². The molecule has 0 radical (unpaired) electrons. The number of nitrogens with zero attached hydrogens (tertiary/aromatic N) is 2. The molecule has 1 amide bonds. The molecule has 1 aromatic carbocycles. The molecular formula is C16H20FN3O. The Kier molecular flexibility index (Phi) is 5.70. The molecule has 21 heavy (non-hydrogen) atoms. The number of carbonyl (C=O) groups is 1. The number of nitrogens with one attached hydrogen (secondary N) is 1. The zero-order valence-corrected chi connectivity index (χ0v) is 12.0. The summed E-state index contributed by atoms with van der Waals surface area (Å²) in [6, 6.07) is 8.72. The molecule has 1 atom stereocenters. The number of piperidine rings is 1. The van der Waals surface area contributed by atoms with E-state index < -0.39 is 0 Å². The van der Waals surface area contributed by atoms with Crippen molar-refractivity contribution in [1.82, 2.24) is 10.2 Å². The predicted molar refractivity (Wildman–Crippen MR) is 77.6 cm³/mol. The van der Waals surface area contributed by atoms with Crippen LogP contribution in [0.1, 0.15) is 24.8 Å². The highest BCUT2D eigenvalue weighted by atomic mass is 19.1. The number of likely N-dealkylation sites (tertiary alicyclic amines) is 1. The second-order valence-corrected chi connectivity index (χ2v) is 5.39. The number of hydrogen-bond donors (Lipinski definition) is 1. The Balaban J connectivity index is 1.70. The normalized spacial score (nSPS) is 19.0. The third-order valence-electron chi connectivity index (χ3n) is 3.78. The summed E-state index contributed by atoms with van der Waals surface area (Å²) < 4.78 is 13.4. The zero-order chi connectivity index (χ0) is 15.1. The summed E-state index contributed by atoms with van der Waals surface area (Å²) in [5.74, 6) is -0.303. The van der Waals surface area contributed by atoms with Crippen LogP contribution in [0, 0.1) is 23.1 Å². The minimum Gasteiger partial charge on any atom is -0.352 e. The van der Waals surface area contributed by atoms with Crippen molar-refractivity contribution in [1.29, 1.82) is 5.26 Å². The molecule has 1 saturated heterocycles. The Bertz CT molecular complexity index is 526. The maximum absolute atomic E-state index is 13.4. The second-order valence-electron chi connectivity index (χ2n) is 5.39. The first-order valence-electron chi connectivity index (χ1n) is 7.31. The van der Waals surface area contributed by atoms with E-state index in [1.807, 2.05) is 0 Å². The van der Waals surface area contributed by atoms with Crippen molar-refractivity contribution in [3.05, 3.63) is 35.6 Å². The van der Waals surface area contributed by atoms with Gasteiger partial charge in [0.1, 0.15) is 5.82 Å². The summed E-state index contributed by atoms with van der Waals surface area (Å²) >= 11 is 0. The van der Waals surface area contributed by atoms with E-state index in [1.54, 1.807) is 18.2 Å². The molecule has 1 aliphatic rings. The molecule has 1 aromatic rings. The SMILES string of the molecule is N#C[C@H]1CCCN(CCC(=O)NCc2ccccc2F)C1. The van der Waals surface area contributed by atoms with Crippen LogP contribution in [0.25, 0.3) is 0 Å². The minimum absolute atomic E-state index is 0.0835. The van der Waals surface area contributed by atoms with Gasteiger partial charge in [0.15, 0.2) is 0 Å². The smallest absolute Gasteiger partial charge is 0.221 e. The van der Waals surface area contributed by atoms with Gasteiger partial charge in [0, 0.05) is 31.6 Å². The summed E-state index contributed by atoms with van der Waals surface area (Å²) in [5.41, 5.74) is 0.494.